The fourth-order valence-electron chi connectivity index (χ4n) is 5.46. The van der Waals surface area contributed by atoms with Gasteiger partial charge in [-0.1, -0.05) is 149 Å². The molecule has 0 fully saturated rings. The fraction of sp³-hybridized carbons (Fsp3) is 0.914. The third-order valence-corrected chi connectivity index (χ3v) is 8.16. The summed E-state index contributed by atoms with van der Waals surface area (Å²) in [6.45, 7) is 7.98. The molecule has 242 valence electrons. The molecular weight excluding hydrogens is 512 g/mol. The Morgan fingerprint density at radius 3 is 1.29 bits per heavy atom. The minimum Gasteiger partial charge on any atom is -0.481 e. The highest BCUT2D eigenvalue weighted by Crippen LogP contribution is 2.14. The molecule has 41 heavy (non-hydrogen) atoms. The highest BCUT2D eigenvalue weighted by atomic mass is 16.4. The van der Waals surface area contributed by atoms with Gasteiger partial charge in [0.05, 0.1) is 0 Å². The summed E-state index contributed by atoms with van der Waals surface area (Å²) in [6.07, 6.45) is 28.3. The molecule has 0 aromatic carbocycles. The summed E-state index contributed by atoms with van der Waals surface area (Å²) in [5.74, 6) is -1.17. The Hall–Kier alpha value is -1.59. The van der Waals surface area contributed by atoms with Crippen LogP contribution in [0.15, 0.2) is 0 Å². The molecule has 0 spiro atoms. The van der Waals surface area contributed by atoms with E-state index in [0.29, 0.717) is 19.5 Å². The monoisotopic (exact) mass is 581 g/mol. The maximum atomic E-state index is 13.5. The highest BCUT2D eigenvalue weighted by Gasteiger charge is 2.26. The Balaban J connectivity index is 4.35. The first-order chi connectivity index (χ1) is 20.0. The second-order valence-electron chi connectivity index (χ2n) is 12.2. The van der Waals surface area contributed by atoms with Gasteiger partial charge in [-0.15, -0.1) is 0 Å². The van der Waals surface area contributed by atoms with Crippen LogP contribution < -0.4 is 5.32 Å². The molecule has 6 heteroatoms. The number of amides is 2. The molecule has 2 amide bonds. The molecule has 2 N–H and O–H groups in total. The van der Waals surface area contributed by atoms with E-state index in [2.05, 4.69) is 26.1 Å². The van der Waals surface area contributed by atoms with E-state index in [1.54, 1.807) is 0 Å². The van der Waals surface area contributed by atoms with Crippen LogP contribution in [0.2, 0.25) is 0 Å². The molecular formula is C35H68N2O4. The molecule has 0 unspecified atom stereocenters. The molecule has 0 aliphatic rings. The van der Waals surface area contributed by atoms with Crippen molar-refractivity contribution in [2.24, 2.45) is 0 Å². The van der Waals surface area contributed by atoms with Crippen LogP contribution in [0.1, 0.15) is 188 Å². The Kier molecular flexibility index (Phi) is 28.7. The van der Waals surface area contributed by atoms with Crippen LogP contribution in [0.25, 0.3) is 0 Å². The maximum Gasteiger partial charge on any atom is 0.303 e. The van der Waals surface area contributed by atoms with Crippen LogP contribution in [-0.4, -0.2) is 46.9 Å². The summed E-state index contributed by atoms with van der Waals surface area (Å²) in [5, 5.41) is 12.1. The highest BCUT2D eigenvalue weighted by molar-refractivity contribution is 5.88. The molecule has 0 saturated heterocycles. The number of carbonyl (C=O) groups excluding carboxylic acids is 2. The first-order valence-corrected chi connectivity index (χ1v) is 17.8. The van der Waals surface area contributed by atoms with Crippen LogP contribution in [-0.2, 0) is 14.4 Å². The summed E-state index contributed by atoms with van der Waals surface area (Å²) in [5.41, 5.74) is 0. The number of hydrogen-bond acceptors (Lipinski definition) is 3. The molecule has 0 rings (SSSR count). The summed E-state index contributed by atoms with van der Waals surface area (Å²) in [7, 11) is 0. The van der Waals surface area contributed by atoms with E-state index in [9.17, 15) is 19.5 Å². The lowest BCUT2D eigenvalue weighted by Gasteiger charge is -2.28. The van der Waals surface area contributed by atoms with E-state index in [-0.39, 0.29) is 24.7 Å². The third-order valence-electron chi connectivity index (χ3n) is 8.16. The lowest BCUT2D eigenvalue weighted by Crippen LogP contribution is -2.49. The van der Waals surface area contributed by atoms with Crippen LogP contribution in [0, 0.1) is 0 Å². The molecule has 0 heterocycles. The molecule has 0 aromatic heterocycles. The number of unbranched alkanes of at least 4 members (excludes halogenated alkanes) is 20. The smallest absolute Gasteiger partial charge is 0.303 e. The maximum absolute atomic E-state index is 13.5. The summed E-state index contributed by atoms with van der Waals surface area (Å²) in [4.78, 5) is 39.3. The lowest BCUT2D eigenvalue weighted by molar-refractivity contribution is -0.139. The van der Waals surface area contributed by atoms with Crippen LogP contribution >= 0.6 is 0 Å². The molecule has 0 aromatic rings. The standard InChI is InChI=1S/C35H68N2O4/c1-4-7-10-13-14-15-16-17-18-19-20-21-22-23-24-27-33(38)36-32(28-29-34(39)40)35(41)37(30-25-11-8-5-2)31-26-12-9-6-3/h32H,4-31H2,1-3H3,(H,36,38)(H,39,40)/t32-/m0/s1. The summed E-state index contributed by atoms with van der Waals surface area (Å²) in [6, 6.07) is -0.743. The summed E-state index contributed by atoms with van der Waals surface area (Å²) >= 11 is 0. The van der Waals surface area contributed by atoms with E-state index >= 15 is 0 Å². The van der Waals surface area contributed by atoms with Gasteiger partial charge in [-0.2, -0.15) is 0 Å². The Morgan fingerprint density at radius 2 is 0.902 bits per heavy atom. The van der Waals surface area contributed by atoms with Crippen molar-refractivity contribution in [2.45, 2.75) is 194 Å². The second-order valence-corrected chi connectivity index (χ2v) is 12.2. The van der Waals surface area contributed by atoms with E-state index < -0.39 is 12.0 Å². The lowest BCUT2D eigenvalue weighted by atomic mass is 10.0. The predicted octanol–water partition coefficient (Wildman–Crippen LogP) is 9.59. The van der Waals surface area contributed by atoms with Gasteiger partial charge >= 0.3 is 5.97 Å². The Labute approximate surface area is 254 Å². The van der Waals surface area contributed by atoms with Crippen molar-refractivity contribution >= 4 is 17.8 Å². The average molecular weight is 581 g/mol. The number of hydrogen-bond donors (Lipinski definition) is 2. The van der Waals surface area contributed by atoms with E-state index in [4.69, 9.17) is 0 Å². The van der Waals surface area contributed by atoms with Gasteiger partial charge in [0, 0.05) is 25.9 Å². The average Bonchev–Trinajstić information content (AvgIpc) is 2.96. The van der Waals surface area contributed by atoms with Gasteiger partial charge in [0.1, 0.15) is 6.04 Å². The van der Waals surface area contributed by atoms with Gasteiger partial charge in [-0.3, -0.25) is 14.4 Å². The van der Waals surface area contributed by atoms with Crippen molar-refractivity contribution in [3.63, 3.8) is 0 Å². The fourth-order valence-corrected chi connectivity index (χ4v) is 5.46. The molecule has 0 aliphatic carbocycles. The molecule has 0 bridgehead atoms. The molecule has 0 aliphatic heterocycles. The van der Waals surface area contributed by atoms with Gasteiger partial charge < -0.3 is 15.3 Å². The van der Waals surface area contributed by atoms with Crippen LogP contribution in [0.3, 0.4) is 0 Å². The quantitative estimate of drug-likeness (QED) is 0.0799. The Morgan fingerprint density at radius 1 is 0.537 bits per heavy atom. The molecule has 1 atom stereocenters. The van der Waals surface area contributed by atoms with Crippen molar-refractivity contribution in [1.29, 1.82) is 0 Å². The van der Waals surface area contributed by atoms with Crippen molar-refractivity contribution in [2.75, 3.05) is 13.1 Å². The molecule has 0 radical (unpaired) electrons. The van der Waals surface area contributed by atoms with Crippen molar-refractivity contribution in [3.05, 3.63) is 0 Å². The second kappa shape index (κ2) is 29.9. The molecule has 0 saturated carbocycles. The van der Waals surface area contributed by atoms with Gasteiger partial charge in [0.2, 0.25) is 11.8 Å². The van der Waals surface area contributed by atoms with Gasteiger partial charge in [0.25, 0.3) is 0 Å². The number of nitrogens with one attached hydrogen (secondary N) is 1. The minimum atomic E-state index is -0.933. The number of aliphatic carboxylic acids is 1. The first kappa shape index (κ1) is 39.4. The Bertz CT molecular complexity index is 613. The van der Waals surface area contributed by atoms with Crippen molar-refractivity contribution in [3.8, 4) is 0 Å². The van der Waals surface area contributed by atoms with Crippen LogP contribution in [0.5, 0.6) is 0 Å². The normalized spacial score (nSPS) is 11.9. The number of carbonyl (C=O) groups is 3. The van der Waals surface area contributed by atoms with E-state index in [1.165, 1.54) is 77.0 Å². The third kappa shape index (κ3) is 25.8. The zero-order valence-electron chi connectivity index (χ0n) is 27.5. The number of nitrogens with zero attached hydrogens (tertiary/aromatic N) is 1. The largest absolute Gasteiger partial charge is 0.481 e. The van der Waals surface area contributed by atoms with E-state index in [1.807, 2.05) is 4.90 Å². The summed E-state index contributed by atoms with van der Waals surface area (Å²) < 4.78 is 0. The first-order valence-electron chi connectivity index (χ1n) is 17.8. The topological polar surface area (TPSA) is 86.7 Å². The number of carboxylic acid groups (broad SMARTS) is 1. The van der Waals surface area contributed by atoms with Crippen molar-refractivity contribution in [1.82, 2.24) is 10.2 Å². The van der Waals surface area contributed by atoms with Gasteiger partial charge in [-0.25, -0.2) is 0 Å². The van der Waals surface area contributed by atoms with Crippen LogP contribution in [0.4, 0.5) is 0 Å². The zero-order chi connectivity index (χ0) is 30.4. The van der Waals surface area contributed by atoms with E-state index in [0.717, 1.165) is 70.6 Å². The SMILES string of the molecule is CCCCCCCCCCCCCCCCCC(=O)N[C@@H](CCC(=O)O)C(=O)N(CCCCCC)CCCCCC. The predicted molar refractivity (Wildman–Crippen MR) is 173 cm³/mol. The zero-order valence-corrected chi connectivity index (χ0v) is 27.5. The van der Waals surface area contributed by atoms with Gasteiger partial charge in [0.15, 0.2) is 0 Å². The number of carboxylic acids is 1. The minimum absolute atomic E-state index is 0.107. The number of rotatable bonds is 31. The van der Waals surface area contributed by atoms with Gasteiger partial charge in [-0.05, 0) is 25.7 Å². The van der Waals surface area contributed by atoms with Crippen molar-refractivity contribution < 1.29 is 19.5 Å². The molecule has 6 nitrogen and oxygen atoms in total.